The Balaban J connectivity index is 2.59. The molecule has 0 unspecified atom stereocenters. The van der Waals surface area contributed by atoms with Crippen molar-refractivity contribution in [1.29, 1.82) is 0 Å². The van der Waals surface area contributed by atoms with E-state index in [0.29, 0.717) is 5.57 Å². The third-order valence-electron chi connectivity index (χ3n) is 2.38. The molecule has 13 heavy (non-hydrogen) atoms. The van der Waals surface area contributed by atoms with Crippen LogP contribution in [0.2, 0.25) is 0 Å². The molecule has 1 aliphatic carbocycles. The van der Waals surface area contributed by atoms with Crippen molar-refractivity contribution in [2.45, 2.75) is 13.3 Å². The minimum absolute atomic E-state index is 0.482. The number of allylic oxidation sites excluding steroid dienone is 1. The van der Waals surface area contributed by atoms with Crippen LogP contribution in [0, 0.1) is 0 Å². The fourth-order valence-corrected chi connectivity index (χ4v) is 1.82. The van der Waals surface area contributed by atoms with E-state index in [4.69, 9.17) is 5.11 Å². The zero-order valence-corrected chi connectivity index (χ0v) is 7.37. The van der Waals surface area contributed by atoms with Crippen LogP contribution in [0.4, 0.5) is 0 Å². The zero-order chi connectivity index (χ0) is 9.42. The average molecular weight is 174 g/mol. The Labute approximate surface area is 76.5 Å². The van der Waals surface area contributed by atoms with Gasteiger partial charge in [-0.3, -0.25) is 0 Å². The molecule has 0 radical (unpaired) electrons. The largest absolute Gasteiger partial charge is 0.478 e. The van der Waals surface area contributed by atoms with E-state index in [9.17, 15) is 4.79 Å². The van der Waals surface area contributed by atoms with Crippen molar-refractivity contribution in [3.8, 4) is 0 Å². The third kappa shape index (κ3) is 1.15. The number of hydrogen-bond donors (Lipinski definition) is 1. The summed E-state index contributed by atoms with van der Waals surface area (Å²) in [5.74, 6) is -0.817. The van der Waals surface area contributed by atoms with Gasteiger partial charge in [-0.15, -0.1) is 0 Å². The molecule has 0 spiro atoms. The van der Waals surface area contributed by atoms with Gasteiger partial charge in [0.05, 0.1) is 5.57 Å². The Kier molecular flexibility index (Phi) is 1.69. The highest BCUT2D eigenvalue weighted by atomic mass is 16.4. The summed E-state index contributed by atoms with van der Waals surface area (Å²) in [6.07, 6.45) is 0.776. The molecule has 0 saturated heterocycles. The molecule has 2 heteroatoms. The third-order valence-corrected chi connectivity index (χ3v) is 2.38. The van der Waals surface area contributed by atoms with Gasteiger partial charge in [-0.25, -0.2) is 4.79 Å². The van der Waals surface area contributed by atoms with Gasteiger partial charge in [0, 0.05) is 0 Å². The predicted octanol–water partition coefficient (Wildman–Crippen LogP) is 2.10. The molecule has 0 bridgehead atoms. The minimum atomic E-state index is -0.817. The quantitative estimate of drug-likeness (QED) is 0.707. The van der Waals surface area contributed by atoms with Crippen molar-refractivity contribution in [1.82, 2.24) is 0 Å². The van der Waals surface area contributed by atoms with Gasteiger partial charge < -0.3 is 5.11 Å². The summed E-state index contributed by atoms with van der Waals surface area (Å²) in [6, 6.07) is 7.67. The van der Waals surface area contributed by atoms with Gasteiger partial charge in [0.1, 0.15) is 0 Å². The van der Waals surface area contributed by atoms with Crippen LogP contribution >= 0.6 is 0 Å². The van der Waals surface area contributed by atoms with Gasteiger partial charge >= 0.3 is 5.97 Å². The second-order valence-electron chi connectivity index (χ2n) is 3.29. The number of fused-ring (bicyclic) bond motifs is 1. The van der Waals surface area contributed by atoms with Crippen molar-refractivity contribution < 1.29 is 9.90 Å². The monoisotopic (exact) mass is 174 g/mol. The van der Waals surface area contributed by atoms with Crippen LogP contribution in [0.5, 0.6) is 0 Å². The molecule has 0 aromatic heterocycles. The summed E-state index contributed by atoms with van der Waals surface area (Å²) in [7, 11) is 0. The summed E-state index contributed by atoms with van der Waals surface area (Å²) in [4.78, 5) is 10.9. The lowest BCUT2D eigenvalue weighted by atomic mass is 10.1. The van der Waals surface area contributed by atoms with Crippen molar-refractivity contribution in [2.24, 2.45) is 0 Å². The maximum atomic E-state index is 10.9. The molecule has 0 amide bonds. The highest BCUT2D eigenvalue weighted by molar-refractivity contribution is 6.18. The maximum Gasteiger partial charge on any atom is 0.336 e. The van der Waals surface area contributed by atoms with E-state index < -0.39 is 5.97 Å². The molecule has 0 atom stereocenters. The first-order valence-corrected chi connectivity index (χ1v) is 4.21. The molecule has 1 aromatic carbocycles. The van der Waals surface area contributed by atoms with E-state index in [-0.39, 0.29) is 0 Å². The summed E-state index contributed by atoms with van der Waals surface area (Å²) >= 11 is 0. The second kappa shape index (κ2) is 2.73. The number of hydrogen-bond acceptors (Lipinski definition) is 1. The summed E-state index contributed by atoms with van der Waals surface area (Å²) in [6.45, 7) is 1.88. The van der Waals surface area contributed by atoms with Gasteiger partial charge in [-0.05, 0) is 24.5 Å². The van der Waals surface area contributed by atoms with Crippen LogP contribution in [-0.4, -0.2) is 11.1 Å². The van der Waals surface area contributed by atoms with Crippen molar-refractivity contribution in [3.63, 3.8) is 0 Å². The molecule has 66 valence electrons. The number of benzene rings is 1. The summed E-state index contributed by atoms with van der Waals surface area (Å²) in [5, 5.41) is 8.97. The summed E-state index contributed by atoms with van der Waals surface area (Å²) in [5.41, 5.74) is 3.44. The molecule has 0 aliphatic heterocycles. The fourth-order valence-electron chi connectivity index (χ4n) is 1.82. The number of carboxylic acids is 1. The van der Waals surface area contributed by atoms with Crippen molar-refractivity contribution in [3.05, 3.63) is 41.0 Å². The maximum absolute atomic E-state index is 10.9. The van der Waals surface area contributed by atoms with Gasteiger partial charge in [0.25, 0.3) is 0 Å². The first-order chi connectivity index (χ1) is 6.20. The molecular formula is C11H10O2. The van der Waals surface area contributed by atoms with Crippen LogP contribution in [0.1, 0.15) is 18.1 Å². The zero-order valence-electron chi connectivity index (χ0n) is 7.37. The Morgan fingerprint density at radius 2 is 2.08 bits per heavy atom. The van der Waals surface area contributed by atoms with E-state index in [1.54, 1.807) is 0 Å². The molecule has 1 N–H and O–H groups in total. The molecule has 1 aromatic rings. The Bertz CT molecular complexity index is 402. The minimum Gasteiger partial charge on any atom is -0.478 e. The smallest absolute Gasteiger partial charge is 0.336 e. The van der Waals surface area contributed by atoms with Crippen molar-refractivity contribution >= 4 is 11.5 Å². The van der Waals surface area contributed by atoms with Gasteiger partial charge in [-0.1, -0.05) is 29.8 Å². The number of carboxylic acid groups (broad SMARTS) is 1. The highest BCUT2D eigenvalue weighted by Gasteiger charge is 2.22. The fraction of sp³-hybridized carbons (Fsp3) is 0.182. The van der Waals surface area contributed by atoms with Crippen LogP contribution in [0.3, 0.4) is 0 Å². The summed E-state index contributed by atoms with van der Waals surface area (Å²) < 4.78 is 0. The first-order valence-electron chi connectivity index (χ1n) is 4.21. The van der Waals surface area contributed by atoms with Crippen LogP contribution in [-0.2, 0) is 11.2 Å². The second-order valence-corrected chi connectivity index (χ2v) is 3.29. The van der Waals surface area contributed by atoms with Gasteiger partial charge in [0.15, 0.2) is 0 Å². The molecule has 2 rings (SSSR count). The normalized spacial score (nSPS) is 14.5. The standard InChI is InChI=1S/C11H10O2/c1-7-6-8-4-2-3-5-9(8)10(7)11(12)13/h2-5H,6H2,1H3,(H,12,13). The number of carbonyl (C=O) groups is 1. The number of rotatable bonds is 1. The van der Waals surface area contributed by atoms with Crippen LogP contribution in [0.15, 0.2) is 29.8 Å². The molecule has 1 aliphatic rings. The lowest BCUT2D eigenvalue weighted by Gasteiger charge is -1.99. The molecular weight excluding hydrogens is 164 g/mol. The lowest BCUT2D eigenvalue weighted by Crippen LogP contribution is -1.98. The molecule has 0 heterocycles. The van der Waals surface area contributed by atoms with E-state index in [1.807, 2.05) is 31.2 Å². The lowest BCUT2D eigenvalue weighted by molar-refractivity contribution is -0.130. The Morgan fingerprint density at radius 1 is 1.38 bits per heavy atom. The van der Waals surface area contributed by atoms with E-state index >= 15 is 0 Å². The highest BCUT2D eigenvalue weighted by Crippen LogP contribution is 2.32. The molecule has 2 nitrogen and oxygen atoms in total. The molecule has 0 fully saturated rings. The predicted molar refractivity (Wildman–Crippen MR) is 50.4 cm³/mol. The van der Waals surface area contributed by atoms with E-state index in [0.717, 1.165) is 23.1 Å². The number of aliphatic carboxylic acids is 1. The Hall–Kier alpha value is -1.57. The molecule has 0 saturated carbocycles. The topological polar surface area (TPSA) is 37.3 Å². The van der Waals surface area contributed by atoms with E-state index in [1.165, 1.54) is 0 Å². The SMILES string of the molecule is CC1=C(C(=O)O)c2ccccc2C1. The van der Waals surface area contributed by atoms with Crippen LogP contribution in [0.25, 0.3) is 5.57 Å². The van der Waals surface area contributed by atoms with Gasteiger partial charge in [-0.2, -0.15) is 0 Å². The first kappa shape index (κ1) is 8.05. The van der Waals surface area contributed by atoms with Crippen molar-refractivity contribution in [2.75, 3.05) is 0 Å². The van der Waals surface area contributed by atoms with Gasteiger partial charge in [0.2, 0.25) is 0 Å². The van der Waals surface area contributed by atoms with E-state index in [2.05, 4.69) is 0 Å². The van der Waals surface area contributed by atoms with Crippen LogP contribution < -0.4 is 0 Å². The average Bonchev–Trinajstić information content (AvgIpc) is 2.39. The Morgan fingerprint density at radius 3 is 2.77 bits per heavy atom.